The number of nitrogens with two attached hydrogens (primary N) is 1. The number of nitro groups is 2. The normalized spacial score (nSPS) is 11.3. The second-order valence-corrected chi connectivity index (χ2v) is 9.15. The zero-order valence-corrected chi connectivity index (χ0v) is 26.1. The average Bonchev–Trinajstić information content (AvgIpc) is 2.78. The predicted octanol–water partition coefficient (Wildman–Crippen LogP) is 2.42. The number of aliphatic hydroxyl groups is 2. The highest BCUT2D eigenvalue weighted by atomic mass is 35.5. The fraction of sp³-hybridized carbons (Fsp3) is 0.857. The molecule has 0 aromatic heterocycles. The number of alkyl carbamates (subject to hydrolysis) is 1. The Bertz CT molecular complexity index is 705. The molecule has 0 saturated carbocycles. The lowest BCUT2D eigenvalue weighted by Crippen LogP contribution is -2.41. The van der Waals surface area contributed by atoms with Crippen LogP contribution in [0.1, 0.15) is 72.1 Å². The Kier molecular flexibility index (Phi) is 35.5. The summed E-state index contributed by atoms with van der Waals surface area (Å²) >= 11 is 7.33. The minimum Gasteiger partial charge on any atom is -0.444 e. The van der Waals surface area contributed by atoms with Crippen molar-refractivity contribution in [3.05, 3.63) is 20.2 Å². The minimum absolute atomic E-state index is 0. The first kappa shape index (κ1) is 47.2. The molecule has 0 rings (SSSR count). The molecule has 0 aliphatic heterocycles. The largest absolute Gasteiger partial charge is 0.444 e. The lowest BCUT2D eigenvalue weighted by atomic mass is 10.1. The number of hydrogen-bond donors (Lipinski definition) is 6. The number of nitrogens with zero attached hydrogens (tertiary/aromatic N) is 2. The molecule has 14 nitrogen and oxygen atoms in total. The molecule has 0 aromatic rings. The first-order chi connectivity index (χ1) is 17.2. The van der Waals surface area contributed by atoms with E-state index in [-0.39, 0.29) is 63.1 Å². The maximum absolute atomic E-state index is 11.5. The summed E-state index contributed by atoms with van der Waals surface area (Å²) in [6.07, 6.45) is 4.22. The molecule has 0 radical (unpaired) electrons. The molecule has 2 atom stereocenters. The number of unbranched alkanes of at least 4 members (excludes halogenated alkanes) is 2. The summed E-state index contributed by atoms with van der Waals surface area (Å²) in [5.74, 6) is 0. The van der Waals surface area contributed by atoms with E-state index in [2.05, 4.69) is 27.7 Å². The highest BCUT2D eigenvalue weighted by molar-refractivity contribution is 8.07. The standard InChI is InChI=1S/C13H25N3O5.C8H17N3O3.ClH.S2.H2S/c1-13(2,3)21-12(18)15-11(9-17)7-5-4-6-10(14)8-16(19)20;9-7(5-11(13)14)3-1-2-4-8(10)6-12;;1-2;/h11,14,17H,4-9H2,1-3H3,(H,15,18);8-9,12H,1-6,10H2;1H;;1H2/t11-;8-;;;/m00.../s1. The van der Waals surface area contributed by atoms with Crippen LogP contribution in [-0.4, -0.2) is 81.6 Å². The van der Waals surface area contributed by atoms with Crippen molar-refractivity contribution in [3.63, 3.8) is 0 Å². The molecule has 0 heterocycles. The summed E-state index contributed by atoms with van der Waals surface area (Å²) in [4.78, 5) is 30.7. The fourth-order valence-electron chi connectivity index (χ4n) is 2.72. The van der Waals surface area contributed by atoms with Crippen LogP contribution in [0, 0.1) is 31.0 Å². The molecule has 7 N–H and O–H groups in total. The maximum atomic E-state index is 11.5. The predicted molar refractivity (Wildman–Crippen MR) is 164 cm³/mol. The Morgan fingerprint density at radius 3 is 1.69 bits per heavy atom. The van der Waals surface area contributed by atoms with Crippen molar-refractivity contribution >= 4 is 65.8 Å². The van der Waals surface area contributed by atoms with Gasteiger partial charge in [-0.05, 0) is 59.3 Å². The van der Waals surface area contributed by atoms with E-state index in [9.17, 15) is 30.1 Å². The minimum atomic E-state index is -0.596. The summed E-state index contributed by atoms with van der Waals surface area (Å²) in [7, 11) is 0. The van der Waals surface area contributed by atoms with Gasteiger partial charge in [-0.1, -0.05) is 12.8 Å². The molecule has 0 aliphatic rings. The number of nitrogens with one attached hydrogen (secondary N) is 3. The number of rotatable bonds is 17. The Labute approximate surface area is 253 Å². The number of ether oxygens (including phenoxy) is 1. The van der Waals surface area contributed by atoms with Crippen LogP contribution in [0.25, 0.3) is 0 Å². The van der Waals surface area contributed by atoms with E-state index >= 15 is 0 Å². The van der Waals surface area contributed by atoms with Crippen LogP contribution in [-0.2, 0) is 27.1 Å². The summed E-state index contributed by atoms with van der Waals surface area (Å²) in [6.45, 7) is 4.22. The second kappa shape index (κ2) is 29.4. The van der Waals surface area contributed by atoms with Crippen molar-refractivity contribution in [1.29, 1.82) is 10.8 Å². The Balaban J connectivity index is -0.000000188. The molecule has 0 spiro atoms. The lowest BCUT2D eigenvalue weighted by molar-refractivity contribution is -0.463. The second-order valence-electron chi connectivity index (χ2n) is 9.15. The molecular weight excluding hydrogens is 596 g/mol. The number of aliphatic hydroxyl groups excluding tert-OH is 2. The van der Waals surface area contributed by atoms with Crippen LogP contribution in [0.3, 0.4) is 0 Å². The molecule has 232 valence electrons. The van der Waals surface area contributed by atoms with E-state index in [0.29, 0.717) is 38.5 Å². The highest BCUT2D eigenvalue weighted by Crippen LogP contribution is 2.09. The van der Waals surface area contributed by atoms with E-state index < -0.39 is 34.1 Å². The van der Waals surface area contributed by atoms with E-state index in [1.54, 1.807) is 20.8 Å². The first-order valence-corrected chi connectivity index (χ1v) is 13.0. The van der Waals surface area contributed by atoms with E-state index in [0.717, 1.165) is 12.8 Å². The van der Waals surface area contributed by atoms with Gasteiger partial charge >= 0.3 is 6.09 Å². The Morgan fingerprint density at radius 1 is 0.949 bits per heavy atom. The van der Waals surface area contributed by atoms with Gasteiger partial charge < -0.3 is 36.8 Å². The SMILES string of the molecule is CC(C)(C)OC(=O)N[C@H](CO)CCCCC(=N)C[N+](=O)[O-].Cl.N=C(CCCC[C@H](N)CO)C[N+](=O)[O-].S.S=S. The Morgan fingerprint density at radius 2 is 1.36 bits per heavy atom. The van der Waals surface area contributed by atoms with Gasteiger partial charge in [0.05, 0.1) is 30.7 Å². The molecule has 0 aromatic carbocycles. The zero-order chi connectivity index (χ0) is 29.4. The van der Waals surface area contributed by atoms with Crippen molar-refractivity contribution in [2.75, 3.05) is 26.3 Å². The topological polar surface area (TPSA) is 239 Å². The van der Waals surface area contributed by atoms with Crippen molar-refractivity contribution in [2.45, 2.75) is 89.8 Å². The number of hydrogen-bond acceptors (Lipinski definition) is 13. The van der Waals surface area contributed by atoms with Crippen molar-refractivity contribution < 1.29 is 29.6 Å². The molecule has 0 saturated heterocycles. The van der Waals surface area contributed by atoms with Crippen molar-refractivity contribution in [3.8, 4) is 0 Å². The van der Waals surface area contributed by atoms with Gasteiger partial charge in [0.2, 0.25) is 13.1 Å². The Hall–Kier alpha value is -1.63. The van der Waals surface area contributed by atoms with E-state index in [1.807, 2.05) is 0 Å². The average molecular weight is 641 g/mol. The number of carbonyl (C=O) groups excluding carboxylic acids is 1. The van der Waals surface area contributed by atoms with Crippen LogP contribution in [0.5, 0.6) is 0 Å². The van der Waals surface area contributed by atoms with Crippen LogP contribution in [0.4, 0.5) is 4.79 Å². The lowest BCUT2D eigenvalue weighted by Gasteiger charge is -2.22. The van der Waals surface area contributed by atoms with Gasteiger partial charge in [0, 0.05) is 38.3 Å². The van der Waals surface area contributed by atoms with Gasteiger partial charge in [-0.2, -0.15) is 13.5 Å². The quantitative estimate of drug-likeness (QED) is 0.0583. The number of carbonyl (C=O) groups is 1. The van der Waals surface area contributed by atoms with Crippen LogP contribution in [0.2, 0.25) is 0 Å². The third-order valence-corrected chi connectivity index (χ3v) is 4.40. The van der Waals surface area contributed by atoms with Gasteiger partial charge in [-0.15, -0.1) is 12.4 Å². The van der Waals surface area contributed by atoms with Crippen LogP contribution < -0.4 is 11.1 Å². The monoisotopic (exact) mass is 640 g/mol. The molecule has 0 aliphatic carbocycles. The maximum Gasteiger partial charge on any atom is 0.407 e. The zero-order valence-electron chi connectivity index (χ0n) is 22.7. The number of amides is 1. The molecule has 1 amide bonds. The van der Waals surface area contributed by atoms with Crippen LogP contribution in [0.15, 0.2) is 0 Å². The van der Waals surface area contributed by atoms with Gasteiger partial charge in [0.1, 0.15) is 5.60 Å². The van der Waals surface area contributed by atoms with E-state index in [4.69, 9.17) is 26.4 Å². The fourth-order valence-corrected chi connectivity index (χ4v) is 2.72. The smallest absolute Gasteiger partial charge is 0.407 e. The molecular formula is C21H45ClN6O8S3. The number of halogens is 1. The van der Waals surface area contributed by atoms with Crippen LogP contribution >= 0.6 is 25.9 Å². The van der Waals surface area contributed by atoms with Crippen molar-refractivity contribution in [2.24, 2.45) is 5.73 Å². The van der Waals surface area contributed by atoms with Gasteiger partial charge in [-0.3, -0.25) is 20.2 Å². The molecule has 0 unspecified atom stereocenters. The molecule has 0 fully saturated rings. The summed E-state index contributed by atoms with van der Waals surface area (Å²) in [6, 6.07) is -0.621. The summed E-state index contributed by atoms with van der Waals surface area (Å²) in [5.41, 5.74) is 5.09. The third-order valence-electron chi connectivity index (χ3n) is 4.40. The highest BCUT2D eigenvalue weighted by Gasteiger charge is 2.19. The first-order valence-electron chi connectivity index (χ1n) is 11.7. The molecule has 39 heavy (non-hydrogen) atoms. The summed E-state index contributed by atoms with van der Waals surface area (Å²) < 4.78 is 5.09. The third kappa shape index (κ3) is 38.6. The van der Waals surface area contributed by atoms with Gasteiger partial charge in [0.25, 0.3) is 0 Å². The van der Waals surface area contributed by atoms with Gasteiger partial charge in [0.15, 0.2) is 0 Å². The van der Waals surface area contributed by atoms with Crippen molar-refractivity contribution in [1.82, 2.24) is 5.32 Å². The molecule has 0 bridgehead atoms. The molecule has 18 heteroatoms. The van der Waals surface area contributed by atoms with Gasteiger partial charge in [-0.25, -0.2) is 4.79 Å². The summed E-state index contributed by atoms with van der Waals surface area (Å²) in [5, 5.41) is 55.2. The van der Waals surface area contributed by atoms with E-state index in [1.165, 1.54) is 0 Å².